The van der Waals surface area contributed by atoms with Crippen molar-refractivity contribution < 1.29 is 19.1 Å². The van der Waals surface area contributed by atoms with E-state index < -0.39 is 0 Å². The van der Waals surface area contributed by atoms with Crippen molar-refractivity contribution in [3.63, 3.8) is 0 Å². The standard InChI is InChI=1S/C14H16INO4/c1-9(17)16(10(2)18)5-4-12-6-13(15)8-14(7-12)20-11(3)19/h6-8H,4-5H2,1-3H3. The quantitative estimate of drug-likeness (QED) is 0.450. The van der Waals surface area contributed by atoms with Gasteiger partial charge in [0.2, 0.25) is 11.8 Å². The van der Waals surface area contributed by atoms with Gasteiger partial charge in [-0.05, 0) is 52.8 Å². The van der Waals surface area contributed by atoms with Gasteiger partial charge in [0, 0.05) is 30.9 Å². The van der Waals surface area contributed by atoms with Gasteiger partial charge in [-0.3, -0.25) is 19.3 Å². The number of hydrogen-bond donors (Lipinski definition) is 0. The minimum atomic E-state index is -0.382. The van der Waals surface area contributed by atoms with Crippen LogP contribution in [0.5, 0.6) is 5.75 Å². The lowest BCUT2D eigenvalue weighted by molar-refractivity contribution is -0.142. The number of nitrogens with zero attached hydrogens (tertiary/aromatic N) is 1. The molecule has 0 unspecified atom stereocenters. The molecule has 0 aromatic heterocycles. The summed E-state index contributed by atoms with van der Waals surface area (Å²) in [5, 5.41) is 0. The maximum Gasteiger partial charge on any atom is 0.308 e. The third-order valence-corrected chi connectivity index (χ3v) is 3.20. The van der Waals surface area contributed by atoms with Crippen LogP contribution in [-0.4, -0.2) is 29.2 Å². The van der Waals surface area contributed by atoms with Gasteiger partial charge in [0.1, 0.15) is 5.75 Å². The van der Waals surface area contributed by atoms with E-state index in [2.05, 4.69) is 22.6 Å². The van der Waals surface area contributed by atoms with Gasteiger partial charge in [0.05, 0.1) is 0 Å². The van der Waals surface area contributed by atoms with Crippen molar-refractivity contribution in [1.82, 2.24) is 4.90 Å². The van der Waals surface area contributed by atoms with Gasteiger partial charge < -0.3 is 4.74 Å². The van der Waals surface area contributed by atoms with Crippen molar-refractivity contribution in [2.45, 2.75) is 27.2 Å². The van der Waals surface area contributed by atoms with Crippen molar-refractivity contribution >= 4 is 40.4 Å². The summed E-state index contributed by atoms with van der Waals surface area (Å²) in [4.78, 5) is 34.8. The highest BCUT2D eigenvalue weighted by Crippen LogP contribution is 2.19. The van der Waals surface area contributed by atoms with E-state index in [1.165, 1.54) is 25.7 Å². The van der Waals surface area contributed by atoms with Crippen LogP contribution in [0.3, 0.4) is 0 Å². The molecule has 0 spiro atoms. The molecule has 0 saturated heterocycles. The molecule has 0 fully saturated rings. The predicted octanol–water partition coefficient (Wildman–Crippen LogP) is 2.15. The zero-order valence-corrected chi connectivity index (χ0v) is 13.8. The lowest BCUT2D eigenvalue weighted by Gasteiger charge is -2.17. The lowest BCUT2D eigenvalue weighted by Crippen LogP contribution is -2.34. The second-order valence-corrected chi connectivity index (χ2v) is 5.57. The first-order valence-electron chi connectivity index (χ1n) is 6.06. The van der Waals surface area contributed by atoms with E-state index in [9.17, 15) is 14.4 Å². The molecule has 0 radical (unpaired) electrons. The van der Waals surface area contributed by atoms with Gasteiger partial charge in [0.15, 0.2) is 0 Å². The van der Waals surface area contributed by atoms with E-state index >= 15 is 0 Å². The molecular formula is C14H16INO4. The minimum absolute atomic E-state index is 0.275. The second kappa shape index (κ2) is 7.37. The molecule has 0 saturated carbocycles. The lowest BCUT2D eigenvalue weighted by atomic mass is 10.1. The Balaban J connectivity index is 2.81. The summed E-state index contributed by atoms with van der Waals surface area (Å²) in [5.74, 6) is -0.463. The molecular weight excluding hydrogens is 373 g/mol. The van der Waals surface area contributed by atoms with Gasteiger partial charge in [-0.1, -0.05) is 0 Å². The van der Waals surface area contributed by atoms with Crippen LogP contribution in [0.1, 0.15) is 26.3 Å². The highest BCUT2D eigenvalue weighted by atomic mass is 127. The summed E-state index contributed by atoms with van der Waals surface area (Å²) < 4.78 is 5.97. The van der Waals surface area contributed by atoms with E-state index in [4.69, 9.17) is 4.74 Å². The highest BCUT2D eigenvalue weighted by Gasteiger charge is 2.13. The molecule has 0 aliphatic rings. The molecule has 1 aromatic carbocycles. The van der Waals surface area contributed by atoms with Crippen LogP contribution < -0.4 is 4.74 Å². The number of rotatable bonds is 4. The fourth-order valence-corrected chi connectivity index (χ4v) is 2.47. The largest absolute Gasteiger partial charge is 0.427 e. The molecule has 0 bridgehead atoms. The molecule has 1 aromatic rings. The van der Waals surface area contributed by atoms with Crippen LogP contribution in [0.15, 0.2) is 18.2 Å². The van der Waals surface area contributed by atoms with Crippen LogP contribution in [0.2, 0.25) is 0 Å². The molecule has 0 aliphatic heterocycles. The Morgan fingerprint density at radius 1 is 1.10 bits per heavy atom. The zero-order valence-electron chi connectivity index (χ0n) is 11.6. The van der Waals surface area contributed by atoms with Crippen LogP contribution in [0, 0.1) is 3.57 Å². The second-order valence-electron chi connectivity index (χ2n) is 4.33. The maximum atomic E-state index is 11.3. The van der Waals surface area contributed by atoms with E-state index in [1.54, 1.807) is 12.1 Å². The number of halogens is 1. The van der Waals surface area contributed by atoms with Gasteiger partial charge in [-0.15, -0.1) is 0 Å². The molecule has 1 rings (SSSR count). The Bertz CT molecular complexity index is 528. The number of hydrogen-bond acceptors (Lipinski definition) is 4. The van der Waals surface area contributed by atoms with Gasteiger partial charge >= 0.3 is 5.97 Å². The Kier molecular flexibility index (Phi) is 6.12. The zero-order chi connectivity index (χ0) is 15.3. The highest BCUT2D eigenvalue weighted by molar-refractivity contribution is 14.1. The molecule has 2 amide bonds. The first kappa shape index (κ1) is 16.6. The van der Waals surface area contributed by atoms with Crippen molar-refractivity contribution in [3.8, 4) is 5.75 Å². The normalized spacial score (nSPS) is 10.0. The number of esters is 1. The smallest absolute Gasteiger partial charge is 0.308 e. The Hall–Kier alpha value is -1.44. The summed E-state index contributed by atoms with van der Waals surface area (Å²) in [6, 6.07) is 5.41. The minimum Gasteiger partial charge on any atom is -0.427 e. The van der Waals surface area contributed by atoms with Crippen molar-refractivity contribution in [1.29, 1.82) is 0 Å². The first-order valence-corrected chi connectivity index (χ1v) is 7.14. The summed E-state index contributed by atoms with van der Waals surface area (Å²) in [6.07, 6.45) is 0.518. The summed E-state index contributed by atoms with van der Waals surface area (Å²) in [7, 11) is 0. The molecule has 0 heterocycles. The number of amides is 2. The fourth-order valence-electron chi connectivity index (χ4n) is 1.77. The monoisotopic (exact) mass is 389 g/mol. The van der Waals surface area contributed by atoms with Crippen molar-refractivity contribution in [3.05, 3.63) is 27.3 Å². The first-order chi connectivity index (χ1) is 9.29. The molecule has 0 N–H and O–H groups in total. The van der Waals surface area contributed by atoms with Crippen LogP contribution in [0.4, 0.5) is 0 Å². The molecule has 0 aliphatic carbocycles. The number of imide groups is 1. The summed E-state index contributed by atoms with van der Waals surface area (Å²) >= 11 is 2.12. The summed E-state index contributed by atoms with van der Waals surface area (Å²) in [5.41, 5.74) is 0.903. The number of carbonyl (C=O) groups excluding carboxylic acids is 3. The van der Waals surface area contributed by atoms with Crippen LogP contribution >= 0.6 is 22.6 Å². The molecule has 6 heteroatoms. The SMILES string of the molecule is CC(=O)Oc1cc(I)cc(CCN(C(C)=O)C(C)=O)c1. The Labute approximate surface area is 131 Å². The van der Waals surface area contributed by atoms with E-state index in [0.29, 0.717) is 18.7 Å². The Morgan fingerprint density at radius 3 is 2.20 bits per heavy atom. The topological polar surface area (TPSA) is 63.7 Å². The maximum absolute atomic E-state index is 11.3. The third kappa shape index (κ3) is 5.28. The summed E-state index contributed by atoms with van der Waals surface area (Å²) in [6.45, 7) is 4.37. The Morgan fingerprint density at radius 2 is 1.70 bits per heavy atom. The fraction of sp³-hybridized carbons (Fsp3) is 0.357. The average molecular weight is 389 g/mol. The number of carbonyl (C=O) groups is 3. The van der Waals surface area contributed by atoms with E-state index in [1.807, 2.05) is 6.07 Å². The van der Waals surface area contributed by atoms with Crippen LogP contribution in [0.25, 0.3) is 0 Å². The van der Waals surface area contributed by atoms with Crippen molar-refractivity contribution in [2.75, 3.05) is 6.54 Å². The molecule has 20 heavy (non-hydrogen) atoms. The number of benzene rings is 1. The van der Waals surface area contributed by atoms with Crippen LogP contribution in [-0.2, 0) is 20.8 Å². The average Bonchev–Trinajstić information content (AvgIpc) is 2.26. The molecule has 0 atom stereocenters. The van der Waals surface area contributed by atoms with Crippen molar-refractivity contribution in [2.24, 2.45) is 0 Å². The molecule has 108 valence electrons. The van der Waals surface area contributed by atoms with Gasteiger partial charge in [-0.25, -0.2) is 0 Å². The predicted molar refractivity (Wildman–Crippen MR) is 82.2 cm³/mol. The number of ether oxygens (including phenoxy) is 1. The molecule has 5 nitrogen and oxygen atoms in total. The van der Waals surface area contributed by atoms with Gasteiger partial charge in [-0.2, -0.15) is 0 Å². The van der Waals surface area contributed by atoms with E-state index in [0.717, 1.165) is 9.13 Å². The van der Waals surface area contributed by atoms with Gasteiger partial charge in [0.25, 0.3) is 0 Å². The van der Waals surface area contributed by atoms with E-state index in [-0.39, 0.29) is 17.8 Å². The third-order valence-electron chi connectivity index (χ3n) is 2.58.